The minimum atomic E-state index is -0.673. The van der Waals surface area contributed by atoms with Gasteiger partial charge in [-0.2, -0.15) is 0 Å². The minimum absolute atomic E-state index is 0.0205. The highest BCUT2D eigenvalue weighted by Crippen LogP contribution is 2.09. The molecule has 2 heterocycles. The van der Waals surface area contributed by atoms with Crippen LogP contribution >= 0.6 is 11.6 Å². The van der Waals surface area contributed by atoms with Crippen LogP contribution in [-0.2, 0) is 13.1 Å². The molecule has 0 fully saturated rings. The number of pyridine rings is 1. The quantitative estimate of drug-likeness (QED) is 0.712. The van der Waals surface area contributed by atoms with E-state index in [1.807, 2.05) is 0 Å². The third-order valence-electron chi connectivity index (χ3n) is 3.72. The lowest BCUT2D eigenvalue weighted by Crippen LogP contribution is -2.40. The number of aromatic nitrogens is 3. The number of hydrogen-bond acceptors (Lipinski definition) is 4. The number of halogens is 1. The largest absolute Gasteiger partial charge is 0.348 e. The molecule has 26 heavy (non-hydrogen) atoms. The Hall–Kier alpha value is -3.19. The molecule has 2 N–H and O–H groups in total. The van der Waals surface area contributed by atoms with Crippen LogP contribution in [0.15, 0.2) is 64.4 Å². The molecule has 0 aliphatic carbocycles. The molecule has 0 aliphatic heterocycles. The van der Waals surface area contributed by atoms with Gasteiger partial charge in [-0.15, -0.1) is 0 Å². The predicted molar refractivity (Wildman–Crippen MR) is 97.3 cm³/mol. The average Bonchev–Trinajstić information content (AvgIpc) is 2.65. The van der Waals surface area contributed by atoms with Crippen molar-refractivity contribution in [1.29, 1.82) is 0 Å². The van der Waals surface area contributed by atoms with Gasteiger partial charge in [0.25, 0.3) is 11.5 Å². The van der Waals surface area contributed by atoms with Gasteiger partial charge in [-0.3, -0.25) is 19.1 Å². The van der Waals surface area contributed by atoms with Crippen LogP contribution in [0.4, 0.5) is 0 Å². The number of benzene rings is 1. The number of amides is 1. The van der Waals surface area contributed by atoms with E-state index in [1.54, 1.807) is 48.7 Å². The summed E-state index contributed by atoms with van der Waals surface area (Å²) >= 11 is 5.82. The fourth-order valence-corrected chi connectivity index (χ4v) is 2.48. The number of rotatable bonds is 5. The molecule has 7 nitrogen and oxygen atoms in total. The van der Waals surface area contributed by atoms with Crippen LogP contribution in [0.3, 0.4) is 0 Å². The molecule has 3 rings (SSSR count). The zero-order valence-electron chi connectivity index (χ0n) is 13.6. The Kier molecular flexibility index (Phi) is 5.28. The zero-order chi connectivity index (χ0) is 18.5. The van der Waals surface area contributed by atoms with Crippen molar-refractivity contribution >= 4 is 17.5 Å². The van der Waals surface area contributed by atoms with Gasteiger partial charge in [0.2, 0.25) is 0 Å². The number of H-pyrrole nitrogens is 1. The molecule has 3 aromatic rings. The summed E-state index contributed by atoms with van der Waals surface area (Å²) < 4.78 is 0.944. The van der Waals surface area contributed by atoms with Crippen molar-refractivity contribution in [2.45, 2.75) is 13.1 Å². The molecule has 0 saturated carbocycles. The van der Waals surface area contributed by atoms with Gasteiger partial charge in [-0.05, 0) is 29.8 Å². The van der Waals surface area contributed by atoms with Gasteiger partial charge in [0, 0.05) is 24.0 Å². The summed E-state index contributed by atoms with van der Waals surface area (Å²) in [6.07, 6.45) is 2.69. The van der Waals surface area contributed by atoms with Crippen molar-refractivity contribution in [3.8, 4) is 0 Å². The number of carbonyl (C=O) groups is 1. The molecule has 132 valence electrons. The van der Waals surface area contributed by atoms with Crippen molar-refractivity contribution < 1.29 is 4.79 Å². The monoisotopic (exact) mass is 370 g/mol. The van der Waals surface area contributed by atoms with Crippen LogP contribution < -0.4 is 16.6 Å². The molecule has 0 bridgehead atoms. The summed E-state index contributed by atoms with van der Waals surface area (Å²) in [5, 5.41) is 3.25. The van der Waals surface area contributed by atoms with Crippen LogP contribution in [0.2, 0.25) is 5.02 Å². The first-order valence-electron chi connectivity index (χ1n) is 7.79. The molecule has 1 aromatic carbocycles. The van der Waals surface area contributed by atoms with E-state index in [0.29, 0.717) is 10.7 Å². The molecule has 0 radical (unpaired) electrons. The van der Waals surface area contributed by atoms with Gasteiger partial charge < -0.3 is 10.3 Å². The van der Waals surface area contributed by atoms with Crippen molar-refractivity contribution in [2.24, 2.45) is 0 Å². The second-order valence-corrected chi connectivity index (χ2v) is 5.97. The number of nitrogens with one attached hydrogen (secondary N) is 2. The lowest BCUT2D eigenvalue weighted by Gasteiger charge is -2.08. The summed E-state index contributed by atoms with van der Waals surface area (Å²) in [5.41, 5.74) is -0.0442. The van der Waals surface area contributed by atoms with E-state index >= 15 is 0 Å². The summed E-state index contributed by atoms with van der Waals surface area (Å²) in [6, 6.07) is 12.1. The first-order chi connectivity index (χ1) is 12.5. The van der Waals surface area contributed by atoms with Crippen molar-refractivity contribution in [3.05, 3.63) is 97.5 Å². The third kappa shape index (κ3) is 4.07. The second-order valence-electron chi connectivity index (χ2n) is 5.53. The maximum atomic E-state index is 12.5. The maximum absolute atomic E-state index is 12.5. The smallest absolute Gasteiger partial charge is 0.328 e. The number of aromatic amines is 1. The van der Waals surface area contributed by atoms with Crippen LogP contribution in [-0.4, -0.2) is 20.4 Å². The summed E-state index contributed by atoms with van der Waals surface area (Å²) in [4.78, 5) is 43.3. The third-order valence-corrected chi connectivity index (χ3v) is 3.97. The standard InChI is InChI=1S/C18H15ClN4O3/c19-13-6-4-12(5-7-13)9-21-16(24)15-10-22-18(26)23(17(15)25)11-14-3-1-2-8-20-14/h1-8,10H,9,11H2,(H,21,24)(H,22,26). The Balaban J connectivity index is 1.80. The Bertz CT molecular complexity index is 1030. The van der Waals surface area contributed by atoms with Crippen molar-refractivity contribution in [1.82, 2.24) is 19.9 Å². The normalized spacial score (nSPS) is 10.5. The van der Waals surface area contributed by atoms with Crippen LogP contribution in [0.25, 0.3) is 0 Å². The van der Waals surface area contributed by atoms with E-state index in [9.17, 15) is 14.4 Å². The van der Waals surface area contributed by atoms with Gasteiger partial charge in [0.05, 0.1) is 12.2 Å². The minimum Gasteiger partial charge on any atom is -0.348 e. The van der Waals surface area contributed by atoms with E-state index in [2.05, 4.69) is 15.3 Å². The molecule has 0 unspecified atom stereocenters. The molecule has 0 saturated heterocycles. The van der Waals surface area contributed by atoms with Crippen molar-refractivity contribution in [2.75, 3.05) is 0 Å². The van der Waals surface area contributed by atoms with Crippen LogP contribution in [0.1, 0.15) is 21.6 Å². The van der Waals surface area contributed by atoms with Crippen molar-refractivity contribution in [3.63, 3.8) is 0 Å². The van der Waals surface area contributed by atoms with E-state index in [4.69, 9.17) is 11.6 Å². The topological polar surface area (TPSA) is 96.8 Å². The van der Waals surface area contributed by atoms with E-state index in [-0.39, 0.29) is 18.7 Å². The van der Waals surface area contributed by atoms with E-state index in [0.717, 1.165) is 16.3 Å². The highest BCUT2D eigenvalue weighted by Gasteiger charge is 2.15. The molecular formula is C18H15ClN4O3. The Morgan fingerprint density at radius 1 is 1.15 bits per heavy atom. The first-order valence-corrected chi connectivity index (χ1v) is 8.17. The Morgan fingerprint density at radius 2 is 1.92 bits per heavy atom. The SMILES string of the molecule is O=C(NCc1ccc(Cl)cc1)c1c[nH]c(=O)n(Cc2ccccn2)c1=O. The van der Waals surface area contributed by atoms with Gasteiger partial charge in [-0.25, -0.2) is 4.79 Å². The summed E-state index contributed by atoms with van der Waals surface area (Å²) in [7, 11) is 0. The highest BCUT2D eigenvalue weighted by atomic mass is 35.5. The van der Waals surface area contributed by atoms with Crippen LogP contribution in [0, 0.1) is 0 Å². The fraction of sp³-hybridized carbons (Fsp3) is 0.111. The van der Waals surface area contributed by atoms with Gasteiger partial charge >= 0.3 is 5.69 Å². The number of hydrogen-bond donors (Lipinski definition) is 2. The number of nitrogens with zero attached hydrogens (tertiary/aromatic N) is 2. The maximum Gasteiger partial charge on any atom is 0.328 e. The lowest BCUT2D eigenvalue weighted by atomic mass is 10.2. The van der Waals surface area contributed by atoms with Crippen LogP contribution in [0.5, 0.6) is 0 Å². The highest BCUT2D eigenvalue weighted by molar-refractivity contribution is 6.30. The molecule has 0 aliphatic rings. The van der Waals surface area contributed by atoms with E-state index < -0.39 is 17.2 Å². The second kappa shape index (κ2) is 7.79. The molecule has 0 spiro atoms. The van der Waals surface area contributed by atoms with Gasteiger partial charge in [-0.1, -0.05) is 29.8 Å². The molecule has 8 heteroatoms. The molecule has 1 amide bonds. The Morgan fingerprint density at radius 3 is 2.62 bits per heavy atom. The summed E-state index contributed by atoms with van der Waals surface area (Å²) in [5.74, 6) is -0.573. The first kappa shape index (κ1) is 17.6. The lowest BCUT2D eigenvalue weighted by molar-refractivity contribution is 0.0948. The molecule has 2 aromatic heterocycles. The fourth-order valence-electron chi connectivity index (χ4n) is 2.35. The summed E-state index contributed by atoms with van der Waals surface area (Å²) in [6.45, 7) is 0.210. The van der Waals surface area contributed by atoms with E-state index in [1.165, 1.54) is 0 Å². The predicted octanol–water partition coefficient (Wildman–Crippen LogP) is 1.56. The molecular weight excluding hydrogens is 356 g/mol. The molecule has 0 atom stereocenters. The average molecular weight is 371 g/mol. The van der Waals surface area contributed by atoms with Gasteiger partial charge in [0.1, 0.15) is 5.56 Å². The zero-order valence-corrected chi connectivity index (χ0v) is 14.4. The van der Waals surface area contributed by atoms with Gasteiger partial charge in [0.15, 0.2) is 0 Å². The Labute approximate surface area is 153 Å². The number of carbonyl (C=O) groups excluding carboxylic acids is 1.